The van der Waals surface area contributed by atoms with Gasteiger partial charge in [0.25, 0.3) is 5.56 Å². The van der Waals surface area contributed by atoms with Gasteiger partial charge in [-0.05, 0) is 57.2 Å². The minimum atomic E-state index is -0.316. The van der Waals surface area contributed by atoms with E-state index in [4.69, 9.17) is 4.98 Å². The van der Waals surface area contributed by atoms with Crippen molar-refractivity contribution in [2.24, 2.45) is 5.92 Å². The monoisotopic (exact) mass is 473 g/mol. The van der Waals surface area contributed by atoms with Crippen LogP contribution in [0.15, 0.2) is 34.2 Å². The number of halogens is 1. The lowest BCUT2D eigenvalue weighted by Gasteiger charge is -2.32. The number of hydrogen-bond acceptors (Lipinski definition) is 5. The number of thioether (sulfide) groups is 1. The quantitative estimate of drug-likeness (QED) is 0.371. The van der Waals surface area contributed by atoms with Gasteiger partial charge in [-0.3, -0.25) is 14.2 Å². The summed E-state index contributed by atoms with van der Waals surface area (Å²) in [5.74, 6) is 0.456. The molecule has 32 heavy (non-hydrogen) atoms. The standard InChI is InChI=1S/C24H28FN3O2S2/c1-5-28-23(30)20-19(17-6-8-18(25)9-7-17)15(3)31-21(20)26-24(28)32-16(4)22(29)27-12-10-14(2)11-13-27/h6-9,14,16H,5,10-13H2,1-4H3. The van der Waals surface area contributed by atoms with Crippen molar-refractivity contribution in [3.8, 4) is 11.1 Å². The minimum Gasteiger partial charge on any atom is -0.342 e. The number of aromatic nitrogens is 2. The minimum absolute atomic E-state index is 0.105. The number of nitrogens with zero attached hydrogens (tertiary/aromatic N) is 3. The van der Waals surface area contributed by atoms with Crippen LogP contribution in [0.5, 0.6) is 0 Å². The number of benzene rings is 1. The summed E-state index contributed by atoms with van der Waals surface area (Å²) in [5, 5.41) is 0.820. The van der Waals surface area contributed by atoms with Crippen LogP contribution in [0.1, 0.15) is 38.5 Å². The van der Waals surface area contributed by atoms with E-state index >= 15 is 0 Å². The fourth-order valence-corrected chi connectivity index (χ4v) is 6.35. The molecule has 1 atom stereocenters. The number of fused-ring (bicyclic) bond motifs is 1. The van der Waals surface area contributed by atoms with Gasteiger partial charge < -0.3 is 4.90 Å². The number of amides is 1. The van der Waals surface area contributed by atoms with E-state index in [2.05, 4.69) is 6.92 Å². The highest BCUT2D eigenvalue weighted by Crippen LogP contribution is 2.37. The van der Waals surface area contributed by atoms with Crippen LogP contribution in [0.2, 0.25) is 0 Å². The first-order chi connectivity index (χ1) is 15.3. The molecule has 8 heteroatoms. The van der Waals surface area contributed by atoms with E-state index in [9.17, 15) is 14.0 Å². The van der Waals surface area contributed by atoms with Gasteiger partial charge in [-0.15, -0.1) is 11.3 Å². The van der Waals surface area contributed by atoms with Crippen LogP contribution in [0.25, 0.3) is 21.3 Å². The average molecular weight is 474 g/mol. The molecular formula is C24H28FN3O2S2. The maximum Gasteiger partial charge on any atom is 0.263 e. The van der Waals surface area contributed by atoms with Crippen molar-refractivity contribution in [2.45, 2.75) is 57.5 Å². The van der Waals surface area contributed by atoms with Gasteiger partial charge in [0.05, 0.1) is 10.6 Å². The molecule has 1 saturated heterocycles. The van der Waals surface area contributed by atoms with Crippen LogP contribution in [0, 0.1) is 18.7 Å². The number of carbonyl (C=O) groups is 1. The Morgan fingerprint density at radius 2 is 1.94 bits per heavy atom. The third-order valence-corrected chi connectivity index (χ3v) is 8.20. The third kappa shape index (κ3) is 4.35. The molecule has 1 aliphatic rings. The normalized spacial score (nSPS) is 16.0. The lowest BCUT2D eigenvalue weighted by atomic mass is 9.99. The van der Waals surface area contributed by atoms with E-state index in [1.54, 1.807) is 16.7 Å². The number of hydrogen-bond donors (Lipinski definition) is 0. The molecule has 0 N–H and O–H groups in total. The molecule has 1 aliphatic heterocycles. The van der Waals surface area contributed by atoms with Crippen molar-refractivity contribution >= 4 is 39.2 Å². The van der Waals surface area contributed by atoms with Crippen molar-refractivity contribution < 1.29 is 9.18 Å². The van der Waals surface area contributed by atoms with E-state index < -0.39 is 0 Å². The van der Waals surface area contributed by atoms with E-state index in [-0.39, 0.29) is 22.5 Å². The average Bonchev–Trinajstić information content (AvgIpc) is 3.10. The second-order valence-electron chi connectivity index (χ2n) is 8.43. The molecule has 1 aromatic carbocycles. The molecule has 4 rings (SSSR count). The van der Waals surface area contributed by atoms with Crippen LogP contribution in [0.4, 0.5) is 4.39 Å². The summed E-state index contributed by atoms with van der Waals surface area (Å²) < 4.78 is 15.1. The number of likely N-dealkylation sites (tertiary alicyclic amines) is 1. The van der Waals surface area contributed by atoms with Gasteiger partial charge >= 0.3 is 0 Å². The summed E-state index contributed by atoms with van der Waals surface area (Å²) in [4.78, 5) is 34.9. The van der Waals surface area contributed by atoms with Crippen LogP contribution < -0.4 is 5.56 Å². The van der Waals surface area contributed by atoms with Gasteiger partial charge in [0.15, 0.2) is 5.16 Å². The number of piperidine rings is 1. The number of aryl methyl sites for hydroxylation is 1. The maximum atomic E-state index is 13.5. The zero-order valence-corrected chi connectivity index (χ0v) is 20.5. The predicted molar refractivity (Wildman–Crippen MR) is 130 cm³/mol. The molecule has 2 aromatic heterocycles. The van der Waals surface area contributed by atoms with Gasteiger partial charge in [0, 0.05) is 30.1 Å². The summed E-state index contributed by atoms with van der Waals surface area (Å²) in [6, 6.07) is 6.21. The van der Waals surface area contributed by atoms with E-state index in [1.165, 1.54) is 35.2 Å². The third-order valence-electron chi connectivity index (χ3n) is 6.13. The van der Waals surface area contributed by atoms with Crippen LogP contribution in [0.3, 0.4) is 0 Å². The maximum absolute atomic E-state index is 13.5. The second-order valence-corrected chi connectivity index (χ2v) is 10.9. The van der Waals surface area contributed by atoms with Crippen molar-refractivity contribution in [3.63, 3.8) is 0 Å². The van der Waals surface area contributed by atoms with Crippen molar-refractivity contribution in [1.82, 2.24) is 14.5 Å². The first kappa shape index (κ1) is 23.0. The molecule has 5 nitrogen and oxygen atoms in total. The molecule has 3 aromatic rings. The lowest BCUT2D eigenvalue weighted by Crippen LogP contribution is -2.42. The first-order valence-electron chi connectivity index (χ1n) is 11.1. The molecule has 170 valence electrons. The highest BCUT2D eigenvalue weighted by Gasteiger charge is 2.27. The number of thiophene rings is 1. The van der Waals surface area contributed by atoms with E-state index in [0.29, 0.717) is 27.8 Å². The zero-order valence-electron chi connectivity index (χ0n) is 18.9. The molecule has 3 heterocycles. The molecule has 1 amide bonds. The molecule has 1 unspecified atom stereocenters. The Morgan fingerprint density at radius 3 is 2.56 bits per heavy atom. The highest BCUT2D eigenvalue weighted by molar-refractivity contribution is 8.00. The largest absolute Gasteiger partial charge is 0.342 e. The lowest BCUT2D eigenvalue weighted by molar-refractivity contribution is -0.131. The summed E-state index contributed by atoms with van der Waals surface area (Å²) in [5.41, 5.74) is 1.50. The molecule has 0 saturated carbocycles. The number of carbonyl (C=O) groups excluding carboxylic acids is 1. The van der Waals surface area contributed by atoms with E-state index in [0.717, 1.165) is 41.9 Å². The summed E-state index contributed by atoms with van der Waals surface area (Å²) >= 11 is 2.82. The highest BCUT2D eigenvalue weighted by atomic mass is 32.2. The number of rotatable bonds is 5. The van der Waals surface area contributed by atoms with Crippen molar-refractivity contribution in [3.05, 3.63) is 45.3 Å². The van der Waals surface area contributed by atoms with Gasteiger partial charge in [0.1, 0.15) is 10.6 Å². The molecule has 0 radical (unpaired) electrons. The Hall–Kier alpha value is -2.19. The Morgan fingerprint density at radius 1 is 1.28 bits per heavy atom. The Bertz CT molecular complexity index is 1190. The fourth-order valence-electron chi connectivity index (χ4n) is 4.20. The fraction of sp³-hybridized carbons (Fsp3) is 0.458. The molecule has 0 aliphatic carbocycles. The Labute approximate surface area is 195 Å². The zero-order chi connectivity index (χ0) is 23.0. The van der Waals surface area contributed by atoms with Crippen LogP contribution in [-0.2, 0) is 11.3 Å². The summed E-state index contributed by atoms with van der Waals surface area (Å²) in [6.07, 6.45) is 2.07. The first-order valence-corrected chi connectivity index (χ1v) is 12.7. The predicted octanol–water partition coefficient (Wildman–Crippen LogP) is 5.33. The van der Waals surface area contributed by atoms with Gasteiger partial charge in [0.2, 0.25) is 5.91 Å². The smallest absolute Gasteiger partial charge is 0.263 e. The van der Waals surface area contributed by atoms with Crippen LogP contribution >= 0.6 is 23.1 Å². The molecule has 0 bridgehead atoms. The Kier molecular flexibility index (Phi) is 6.72. The molecule has 0 spiro atoms. The van der Waals surface area contributed by atoms with Gasteiger partial charge in [-0.25, -0.2) is 9.37 Å². The van der Waals surface area contributed by atoms with Gasteiger partial charge in [-0.1, -0.05) is 30.8 Å². The molecular weight excluding hydrogens is 445 g/mol. The SMILES string of the molecule is CCn1c(SC(C)C(=O)N2CCC(C)CC2)nc2sc(C)c(-c3ccc(F)cc3)c2c1=O. The second kappa shape index (κ2) is 9.35. The van der Waals surface area contributed by atoms with Crippen LogP contribution in [-0.4, -0.2) is 38.7 Å². The van der Waals surface area contributed by atoms with Crippen molar-refractivity contribution in [1.29, 1.82) is 0 Å². The van der Waals surface area contributed by atoms with Gasteiger partial charge in [-0.2, -0.15) is 0 Å². The van der Waals surface area contributed by atoms with Crippen molar-refractivity contribution in [2.75, 3.05) is 13.1 Å². The molecule has 1 fully saturated rings. The summed E-state index contributed by atoms with van der Waals surface area (Å²) in [6.45, 7) is 10.0. The Balaban J connectivity index is 1.70. The topological polar surface area (TPSA) is 55.2 Å². The summed E-state index contributed by atoms with van der Waals surface area (Å²) in [7, 11) is 0. The van der Waals surface area contributed by atoms with E-state index in [1.807, 2.05) is 25.7 Å².